The number of ether oxygens (including phenoxy) is 16. The first-order valence-corrected chi connectivity index (χ1v) is 24.3. The Morgan fingerprint density at radius 2 is 0.500 bits per heavy atom. The molecule has 0 spiro atoms. The molecule has 0 aliphatic heterocycles. The summed E-state index contributed by atoms with van der Waals surface area (Å²) in [7, 11) is 6.57. The van der Waals surface area contributed by atoms with E-state index in [-0.39, 0.29) is 0 Å². The lowest BCUT2D eigenvalue weighted by Crippen LogP contribution is -2.13. The summed E-state index contributed by atoms with van der Waals surface area (Å²) in [5.41, 5.74) is 3.70. The second-order valence-electron chi connectivity index (χ2n) is 14.3. The third-order valence-electron chi connectivity index (χ3n) is 9.03. The predicted octanol–water partition coefficient (Wildman–Crippen LogP) is 7.79. The van der Waals surface area contributed by atoms with Crippen LogP contribution in [0.2, 0.25) is 0 Å². The van der Waals surface area contributed by atoms with Gasteiger partial charge in [0.05, 0.1) is 132 Å². The maximum absolute atomic E-state index is 6.08. The molecule has 0 atom stereocenters. The van der Waals surface area contributed by atoms with Crippen LogP contribution in [0, 0.1) is 0 Å². The highest BCUT2D eigenvalue weighted by Crippen LogP contribution is 2.31. The van der Waals surface area contributed by atoms with Crippen LogP contribution < -0.4 is 18.9 Å². The molecule has 0 aromatic heterocycles. The molecule has 0 N–H and O–H groups in total. The van der Waals surface area contributed by atoms with E-state index in [4.69, 9.17) is 75.8 Å². The van der Waals surface area contributed by atoms with E-state index in [0.29, 0.717) is 182 Å². The van der Waals surface area contributed by atoms with Crippen LogP contribution in [-0.4, -0.2) is 187 Å². The van der Waals surface area contributed by atoms with Crippen molar-refractivity contribution in [3.8, 4) is 23.0 Å². The zero-order valence-corrected chi connectivity index (χ0v) is 43.4. The molecule has 3 aromatic carbocycles. The molecule has 0 saturated heterocycles. The Morgan fingerprint density at radius 3 is 0.735 bits per heavy atom. The number of methoxy groups -OCH3 is 4. The minimum Gasteiger partial charge on any atom is -0.491 e. The maximum Gasteiger partial charge on any atom is 0.123 e. The molecule has 0 radical (unpaired) electrons. The van der Waals surface area contributed by atoms with E-state index in [9.17, 15) is 0 Å². The molecule has 0 bridgehead atoms. The topological polar surface area (TPSA) is 148 Å². The van der Waals surface area contributed by atoms with E-state index in [1.54, 1.807) is 28.4 Å². The van der Waals surface area contributed by atoms with Gasteiger partial charge in [-0.15, -0.1) is 0 Å². The summed E-state index contributed by atoms with van der Waals surface area (Å²) in [4.78, 5) is 0. The van der Waals surface area contributed by atoms with Gasteiger partial charge >= 0.3 is 0 Å². The Kier molecular flexibility index (Phi) is 35.3. The number of benzene rings is 3. The van der Waals surface area contributed by atoms with Crippen molar-refractivity contribution in [3.05, 3.63) is 79.7 Å². The van der Waals surface area contributed by atoms with Crippen LogP contribution in [0.4, 0.5) is 0 Å². The SMILES string of the molecule is COCCOCCOCCOc1cc(/C=C/c2cc(Br)c(/C=C/c3cc(OCCOCCOCCOC)cc(OCCOCCOCCOC)c3)cc2Br)cc(OCCOCCOCCOC)c1. The van der Waals surface area contributed by atoms with Crippen molar-refractivity contribution >= 4 is 56.2 Å². The van der Waals surface area contributed by atoms with Crippen molar-refractivity contribution in [2.24, 2.45) is 0 Å². The minimum atomic E-state index is 0.360. The summed E-state index contributed by atoms with van der Waals surface area (Å²) in [6, 6.07) is 15.7. The van der Waals surface area contributed by atoms with Gasteiger partial charge < -0.3 is 75.8 Å². The van der Waals surface area contributed by atoms with E-state index in [2.05, 4.69) is 44.0 Å². The molecule has 382 valence electrons. The summed E-state index contributed by atoms with van der Waals surface area (Å²) in [5, 5.41) is 0. The van der Waals surface area contributed by atoms with Gasteiger partial charge in [-0.2, -0.15) is 0 Å². The second-order valence-corrected chi connectivity index (χ2v) is 16.0. The van der Waals surface area contributed by atoms with Crippen molar-refractivity contribution in [3.63, 3.8) is 0 Å². The van der Waals surface area contributed by atoms with Gasteiger partial charge in [0.15, 0.2) is 0 Å². The van der Waals surface area contributed by atoms with Gasteiger partial charge in [-0.25, -0.2) is 0 Å². The van der Waals surface area contributed by atoms with E-state index >= 15 is 0 Å². The van der Waals surface area contributed by atoms with Gasteiger partial charge in [-0.3, -0.25) is 0 Å². The molecule has 0 saturated carbocycles. The molecule has 0 aliphatic rings. The Balaban J connectivity index is 1.67. The first kappa shape index (κ1) is 59.1. The monoisotopic (exact) mass is 1090 g/mol. The van der Waals surface area contributed by atoms with Crippen LogP contribution >= 0.6 is 31.9 Å². The Morgan fingerprint density at radius 1 is 0.279 bits per heavy atom. The lowest BCUT2D eigenvalue weighted by Gasteiger charge is -2.12. The summed E-state index contributed by atoms with van der Waals surface area (Å²) in [6.07, 6.45) is 8.09. The molecule has 16 nitrogen and oxygen atoms in total. The van der Waals surface area contributed by atoms with Crippen LogP contribution in [0.3, 0.4) is 0 Å². The summed E-state index contributed by atoms with van der Waals surface area (Å²) in [6.45, 7) is 11.2. The molecular weight excluding hydrogens is 1020 g/mol. The fourth-order valence-corrected chi connectivity index (χ4v) is 6.64. The van der Waals surface area contributed by atoms with Crippen LogP contribution in [0.5, 0.6) is 23.0 Å². The first-order valence-electron chi connectivity index (χ1n) is 22.7. The summed E-state index contributed by atoms with van der Waals surface area (Å²) >= 11 is 7.59. The first-order chi connectivity index (χ1) is 33.4. The molecule has 3 aromatic rings. The van der Waals surface area contributed by atoms with Gasteiger partial charge in [0.25, 0.3) is 0 Å². The highest BCUT2D eigenvalue weighted by atomic mass is 79.9. The number of halogens is 2. The largest absolute Gasteiger partial charge is 0.491 e. The fraction of sp³-hybridized carbons (Fsp3) is 0.560. The Hall–Kier alpha value is -3.18. The highest BCUT2D eigenvalue weighted by molar-refractivity contribution is 9.11. The van der Waals surface area contributed by atoms with Crippen molar-refractivity contribution in [2.75, 3.05) is 187 Å². The van der Waals surface area contributed by atoms with Crippen LogP contribution in [0.1, 0.15) is 22.3 Å². The third kappa shape index (κ3) is 29.1. The van der Waals surface area contributed by atoms with E-state index in [1.807, 2.05) is 60.7 Å². The smallest absolute Gasteiger partial charge is 0.123 e. The lowest BCUT2D eigenvalue weighted by atomic mass is 10.1. The predicted molar refractivity (Wildman–Crippen MR) is 269 cm³/mol. The van der Waals surface area contributed by atoms with Gasteiger partial charge in [-0.1, -0.05) is 56.2 Å². The molecule has 3 rings (SSSR count). The molecule has 0 aliphatic carbocycles. The highest BCUT2D eigenvalue weighted by Gasteiger charge is 2.08. The molecule has 68 heavy (non-hydrogen) atoms. The molecule has 0 amide bonds. The van der Waals surface area contributed by atoms with Crippen LogP contribution in [-0.2, 0) is 56.8 Å². The number of rotatable bonds is 44. The summed E-state index contributed by atoms with van der Waals surface area (Å²) < 4.78 is 90.7. The number of hydrogen-bond acceptors (Lipinski definition) is 16. The Labute approximate surface area is 419 Å². The minimum absolute atomic E-state index is 0.360. The standard InChI is InChI=1S/C50H72Br2O16/c1-53-9-13-57-17-21-61-25-29-65-45-33-41(34-46(39-45)66-30-26-62-22-18-58-14-10-54-2)5-7-43-37-50(52)44(38-49(43)51)8-6-42-35-47(67-31-27-63-23-19-59-15-11-55-3)40-48(36-42)68-32-28-64-24-20-60-16-12-56-4/h5-8,33-40H,9-32H2,1-4H3/b7-5+,8-6+. The van der Waals surface area contributed by atoms with Crippen molar-refractivity contribution in [1.29, 1.82) is 0 Å². The average molecular weight is 1090 g/mol. The number of hydrogen-bond donors (Lipinski definition) is 0. The quantitative estimate of drug-likeness (QED) is 0.0401. The van der Waals surface area contributed by atoms with Crippen LogP contribution in [0.25, 0.3) is 24.3 Å². The van der Waals surface area contributed by atoms with Gasteiger partial charge in [0.1, 0.15) is 49.4 Å². The fourth-order valence-electron chi connectivity index (χ4n) is 5.65. The van der Waals surface area contributed by atoms with Gasteiger partial charge in [0.2, 0.25) is 0 Å². The lowest BCUT2D eigenvalue weighted by molar-refractivity contribution is 0.0174. The van der Waals surface area contributed by atoms with Gasteiger partial charge in [0, 0.05) is 49.5 Å². The normalized spacial score (nSPS) is 11.6. The zero-order chi connectivity index (χ0) is 48.5. The molecular formula is C50H72Br2O16. The van der Waals surface area contributed by atoms with Gasteiger partial charge in [-0.05, 0) is 58.7 Å². The molecule has 0 fully saturated rings. The van der Waals surface area contributed by atoms with E-state index in [0.717, 1.165) is 31.2 Å². The van der Waals surface area contributed by atoms with Crippen molar-refractivity contribution in [1.82, 2.24) is 0 Å². The van der Waals surface area contributed by atoms with Crippen molar-refractivity contribution < 1.29 is 75.8 Å². The zero-order valence-electron chi connectivity index (χ0n) is 40.2. The van der Waals surface area contributed by atoms with Crippen LogP contribution in [0.15, 0.2) is 57.5 Å². The second kappa shape index (κ2) is 40.5. The third-order valence-corrected chi connectivity index (χ3v) is 10.4. The Bertz CT molecular complexity index is 1570. The molecule has 0 heterocycles. The maximum atomic E-state index is 6.08. The van der Waals surface area contributed by atoms with E-state index in [1.165, 1.54) is 0 Å². The average Bonchev–Trinajstić information content (AvgIpc) is 3.34. The van der Waals surface area contributed by atoms with Crippen molar-refractivity contribution in [2.45, 2.75) is 0 Å². The molecule has 0 unspecified atom stereocenters. The molecule has 18 heteroatoms. The summed E-state index contributed by atoms with van der Waals surface area (Å²) in [5.74, 6) is 2.61. The van der Waals surface area contributed by atoms with E-state index < -0.39 is 0 Å².